The van der Waals surface area contributed by atoms with Crippen LogP contribution < -0.4 is 15.0 Å². The number of fused-ring (bicyclic) bond motifs is 1. The van der Waals surface area contributed by atoms with Gasteiger partial charge in [-0.25, -0.2) is 9.37 Å². The molecule has 0 atom stereocenters. The van der Waals surface area contributed by atoms with Crippen molar-refractivity contribution in [3.8, 4) is 17.0 Å². The van der Waals surface area contributed by atoms with Gasteiger partial charge in [0, 0.05) is 17.5 Å². The summed E-state index contributed by atoms with van der Waals surface area (Å²) < 4.78 is 18.5. The van der Waals surface area contributed by atoms with E-state index in [1.807, 2.05) is 30.5 Å². The monoisotopic (exact) mass is 425 g/mol. The van der Waals surface area contributed by atoms with E-state index in [2.05, 4.69) is 10.3 Å². The van der Waals surface area contributed by atoms with E-state index in [4.69, 9.17) is 4.74 Å². The number of ether oxygens (including phenoxy) is 1. The molecule has 2 heterocycles. The lowest BCUT2D eigenvalue weighted by atomic mass is 10.1. The van der Waals surface area contributed by atoms with Crippen molar-refractivity contribution < 1.29 is 18.7 Å². The number of nitrogens with zero attached hydrogens (tertiary/aromatic N) is 2. The van der Waals surface area contributed by atoms with Gasteiger partial charge < -0.3 is 15.0 Å². The van der Waals surface area contributed by atoms with E-state index in [1.54, 1.807) is 17.0 Å². The first kappa shape index (κ1) is 20.0. The molecular formula is C22H20FN3O3S. The fourth-order valence-corrected chi connectivity index (χ4v) is 3.98. The predicted molar refractivity (Wildman–Crippen MR) is 114 cm³/mol. The Labute approximate surface area is 177 Å². The van der Waals surface area contributed by atoms with Crippen LogP contribution in [0.15, 0.2) is 47.8 Å². The van der Waals surface area contributed by atoms with Crippen LogP contribution in [0.4, 0.5) is 15.2 Å². The molecule has 0 unspecified atom stereocenters. The number of thiazole rings is 1. The molecule has 2 amide bonds. The lowest BCUT2D eigenvalue weighted by molar-refractivity contribution is -0.121. The molecule has 154 valence electrons. The molecule has 1 aliphatic rings. The maximum absolute atomic E-state index is 13.0. The van der Waals surface area contributed by atoms with Gasteiger partial charge in [0.2, 0.25) is 5.91 Å². The van der Waals surface area contributed by atoms with Gasteiger partial charge in [-0.2, -0.15) is 0 Å². The van der Waals surface area contributed by atoms with E-state index in [-0.39, 0.29) is 30.7 Å². The first-order chi connectivity index (χ1) is 14.5. The molecule has 0 saturated carbocycles. The number of benzene rings is 2. The molecule has 0 fully saturated rings. The molecular weight excluding hydrogens is 405 g/mol. The quantitative estimate of drug-likeness (QED) is 0.640. The maximum Gasteiger partial charge on any atom is 0.265 e. The van der Waals surface area contributed by atoms with Gasteiger partial charge in [0.1, 0.15) is 11.6 Å². The summed E-state index contributed by atoms with van der Waals surface area (Å²) in [5.74, 6) is 0.0582. The zero-order chi connectivity index (χ0) is 21.1. The minimum Gasteiger partial charge on any atom is -0.482 e. The third kappa shape index (κ3) is 4.33. The van der Waals surface area contributed by atoms with Crippen molar-refractivity contribution >= 4 is 34.0 Å². The van der Waals surface area contributed by atoms with Crippen LogP contribution >= 0.6 is 11.3 Å². The largest absolute Gasteiger partial charge is 0.482 e. The highest BCUT2D eigenvalue weighted by atomic mass is 32.1. The van der Waals surface area contributed by atoms with E-state index in [1.165, 1.54) is 23.5 Å². The maximum atomic E-state index is 13.0. The molecule has 2 aromatic carbocycles. The van der Waals surface area contributed by atoms with Gasteiger partial charge in [0.15, 0.2) is 11.7 Å². The predicted octanol–water partition coefficient (Wildman–Crippen LogP) is 4.27. The number of amides is 2. The molecule has 0 saturated heterocycles. The Hall–Kier alpha value is -3.26. The highest BCUT2D eigenvalue weighted by molar-refractivity contribution is 7.14. The third-order valence-corrected chi connectivity index (χ3v) is 5.43. The van der Waals surface area contributed by atoms with Crippen molar-refractivity contribution in [3.63, 3.8) is 0 Å². The summed E-state index contributed by atoms with van der Waals surface area (Å²) in [6.07, 6.45) is 0.982. The highest BCUT2D eigenvalue weighted by Gasteiger charge is 2.25. The van der Waals surface area contributed by atoms with Gasteiger partial charge >= 0.3 is 0 Å². The normalized spacial score (nSPS) is 13.0. The van der Waals surface area contributed by atoms with E-state index in [0.29, 0.717) is 23.1 Å². The van der Waals surface area contributed by atoms with Crippen molar-refractivity contribution in [3.05, 3.63) is 59.2 Å². The van der Waals surface area contributed by atoms with Crippen molar-refractivity contribution in [2.45, 2.75) is 19.8 Å². The molecule has 1 aliphatic heterocycles. The summed E-state index contributed by atoms with van der Waals surface area (Å²) in [5, 5.41) is 5.11. The molecule has 30 heavy (non-hydrogen) atoms. The molecule has 1 aromatic heterocycles. The zero-order valence-corrected chi connectivity index (χ0v) is 17.2. The van der Waals surface area contributed by atoms with Gasteiger partial charge in [-0.1, -0.05) is 19.1 Å². The van der Waals surface area contributed by atoms with E-state index in [0.717, 1.165) is 23.2 Å². The summed E-state index contributed by atoms with van der Waals surface area (Å²) >= 11 is 1.32. The molecule has 6 nitrogen and oxygen atoms in total. The van der Waals surface area contributed by atoms with Gasteiger partial charge in [0.25, 0.3) is 5.91 Å². The van der Waals surface area contributed by atoms with Crippen LogP contribution in [-0.2, 0) is 16.0 Å². The fourth-order valence-electron chi connectivity index (χ4n) is 3.25. The molecule has 1 N–H and O–H groups in total. The number of nitrogens with one attached hydrogen (secondary N) is 1. The number of hydrogen-bond donors (Lipinski definition) is 1. The minimum atomic E-state index is -0.335. The molecule has 8 heteroatoms. The van der Waals surface area contributed by atoms with Crippen LogP contribution in [0.3, 0.4) is 0 Å². The van der Waals surface area contributed by atoms with E-state index < -0.39 is 0 Å². The van der Waals surface area contributed by atoms with E-state index >= 15 is 0 Å². The Morgan fingerprint density at radius 2 is 2.07 bits per heavy atom. The topological polar surface area (TPSA) is 71.5 Å². The second kappa shape index (κ2) is 8.62. The lowest BCUT2D eigenvalue weighted by Crippen LogP contribution is -2.39. The summed E-state index contributed by atoms with van der Waals surface area (Å²) in [6.45, 7) is 2.70. The number of aromatic nitrogens is 1. The molecule has 0 aliphatic carbocycles. The minimum absolute atomic E-state index is 0.0489. The van der Waals surface area contributed by atoms with Crippen LogP contribution in [-0.4, -0.2) is 29.9 Å². The highest BCUT2D eigenvalue weighted by Crippen LogP contribution is 2.36. The van der Waals surface area contributed by atoms with Gasteiger partial charge in [0.05, 0.1) is 17.8 Å². The van der Waals surface area contributed by atoms with Crippen LogP contribution in [0.1, 0.15) is 18.9 Å². The molecule has 0 spiro atoms. The Kier molecular flexibility index (Phi) is 5.76. The third-order valence-electron chi connectivity index (χ3n) is 4.67. The van der Waals surface area contributed by atoms with Crippen molar-refractivity contribution in [2.24, 2.45) is 0 Å². The first-order valence-electron chi connectivity index (χ1n) is 9.61. The van der Waals surface area contributed by atoms with Crippen LogP contribution in [0.5, 0.6) is 5.75 Å². The van der Waals surface area contributed by atoms with E-state index in [9.17, 15) is 14.0 Å². The van der Waals surface area contributed by atoms with Crippen LogP contribution in [0.2, 0.25) is 0 Å². The Bertz CT molecular complexity index is 1080. The van der Waals surface area contributed by atoms with Crippen molar-refractivity contribution in [2.75, 3.05) is 23.4 Å². The van der Waals surface area contributed by atoms with Gasteiger partial charge in [-0.05, 0) is 42.3 Å². The standard InChI is InChI=1S/C22H20FN3O3S/c1-2-9-26-18-11-15(5-8-19(18)29-12-21(26)28)17-13-30-22(24-17)25-20(27)10-14-3-6-16(23)7-4-14/h3-8,11,13H,2,9-10,12H2,1H3,(H,24,25,27). The number of anilines is 2. The summed E-state index contributed by atoms with van der Waals surface area (Å²) in [4.78, 5) is 30.7. The number of carbonyl (C=O) groups excluding carboxylic acids is 2. The zero-order valence-electron chi connectivity index (χ0n) is 16.4. The molecule has 0 bridgehead atoms. The lowest BCUT2D eigenvalue weighted by Gasteiger charge is -2.29. The van der Waals surface area contributed by atoms with Gasteiger partial charge in [-0.15, -0.1) is 11.3 Å². The average molecular weight is 425 g/mol. The molecule has 4 rings (SSSR count). The molecule has 0 radical (unpaired) electrons. The SMILES string of the molecule is CCCN1C(=O)COc2ccc(-c3csc(NC(=O)Cc4ccc(F)cc4)n3)cc21. The number of hydrogen-bond acceptors (Lipinski definition) is 5. The van der Waals surface area contributed by atoms with Crippen molar-refractivity contribution in [1.29, 1.82) is 0 Å². The van der Waals surface area contributed by atoms with Gasteiger partial charge in [-0.3, -0.25) is 9.59 Å². The summed E-state index contributed by atoms with van der Waals surface area (Å²) in [5.41, 5.74) is 3.00. The smallest absolute Gasteiger partial charge is 0.265 e. The first-order valence-corrected chi connectivity index (χ1v) is 10.5. The number of rotatable bonds is 6. The average Bonchev–Trinajstić information content (AvgIpc) is 3.20. The van der Waals surface area contributed by atoms with Crippen LogP contribution in [0, 0.1) is 5.82 Å². The number of halogens is 1. The van der Waals surface area contributed by atoms with Crippen molar-refractivity contribution in [1.82, 2.24) is 4.98 Å². The summed E-state index contributed by atoms with van der Waals surface area (Å²) in [7, 11) is 0. The second-order valence-corrected chi connectivity index (χ2v) is 7.76. The second-order valence-electron chi connectivity index (χ2n) is 6.91. The fraction of sp³-hybridized carbons (Fsp3) is 0.227. The Morgan fingerprint density at radius 3 is 2.83 bits per heavy atom. The Morgan fingerprint density at radius 1 is 1.27 bits per heavy atom. The Balaban J connectivity index is 1.49. The number of carbonyl (C=O) groups is 2. The molecule has 3 aromatic rings. The van der Waals surface area contributed by atoms with Crippen LogP contribution in [0.25, 0.3) is 11.3 Å². The summed E-state index contributed by atoms with van der Waals surface area (Å²) in [6, 6.07) is 11.4.